The van der Waals surface area contributed by atoms with Crippen molar-refractivity contribution in [2.75, 3.05) is 19.1 Å². The van der Waals surface area contributed by atoms with Crippen LogP contribution in [-0.4, -0.2) is 36.0 Å². The lowest BCUT2D eigenvalue weighted by Crippen LogP contribution is -2.30. The number of aliphatic hydroxyl groups is 1. The predicted octanol–water partition coefficient (Wildman–Crippen LogP) is 4.69. The Kier molecular flexibility index (Phi) is 6.07. The molecular weight excluding hydrogens is 444 g/mol. The van der Waals surface area contributed by atoms with E-state index in [0.29, 0.717) is 11.3 Å². The zero-order chi connectivity index (χ0) is 23.7. The summed E-state index contributed by atoms with van der Waals surface area (Å²) in [6.45, 7) is 1.85. The van der Waals surface area contributed by atoms with Gasteiger partial charge in [-0.25, -0.2) is 0 Å². The molecule has 0 saturated carbocycles. The van der Waals surface area contributed by atoms with E-state index in [9.17, 15) is 14.7 Å². The summed E-state index contributed by atoms with van der Waals surface area (Å²) < 4.78 is 10.7. The maximum absolute atomic E-state index is 13.3. The molecule has 1 amide bonds. The molecule has 8 heteroatoms. The third kappa shape index (κ3) is 3.81. The van der Waals surface area contributed by atoms with E-state index in [-0.39, 0.29) is 27.7 Å². The average molecular weight is 465 g/mol. The van der Waals surface area contributed by atoms with Crippen molar-refractivity contribution >= 4 is 34.7 Å². The van der Waals surface area contributed by atoms with E-state index in [1.165, 1.54) is 31.3 Å². The highest BCUT2D eigenvalue weighted by molar-refractivity contribution is 6.51. The first-order valence-electron chi connectivity index (χ1n) is 10.1. The third-order valence-electron chi connectivity index (χ3n) is 5.57. The number of aryl methyl sites for hydroxylation is 1. The molecule has 3 aromatic rings. The van der Waals surface area contributed by atoms with Crippen molar-refractivity contribution in [2.45, 2.75) is 13.0 Å². The summed E-state index contributed by atoms with van der Waals surface area (Å²) in [6.07, 6.45) is 3.14. The molecule has 7 nitrogen and oxygen atoms in total. The number of para-hydroxylation sites is 1. The summed E-state index contributed by atoms with van der Waals surface area (Å²) in [7, 11) is 2.85. The van der Waals surface area contributed by atoms with Gasteiger partial charge < -0.3 is 14.6 Å². The van der Waals surface area contributed by atoms with Gasteiger partial charge in [0.25, 0.3) is 11.7 Å². The average Bonchev–Trinajstić information content (AvgIpc) is 3.09. The Bertz CT molecular complexity index is 1270. The number of rotatable bonds is 5. The Morgan fingerprint density at radius 3 is 2.33 bits per heavy atom. The lowest BCUT2D eigenvalue weighted by atomic mass is 9.95. The van der Waals surface area contributed by atoms with Crippen molar-refractivity contribution in [2.24, 2.45) is 0 Å². The van der Waals surface area contributed by atoms with Gasteiger partial charge in [0.15, 0.2) is 0 Å². The van der Waals surface area contributed by atoms with Crippen molar-refractivity contribution in [3.8, 4) is 11.5 Å². The SMILES string of the molecule is COc1cc(/C(O)=C2\C(=O)C(=O)N(c3ccccc3C)C2c2ccncc2)c(OC)cc1Cl. The first-order chi connectivity index (χ1) is 15.9. The van der Waals surface area contributed by atoms with E-state index >= 15 is 0 Å². The molecule has 0 bridgehead atoms. The van der Waals surface area contributed by atoms with Crippen LogP contribution in [0, 0.1) is 6.92 Å². The van der Waals surface area contributed by atoms with Crippen LogP contribution in [0.1, 0.15) is 22.7 Å². The second-order valence-corrected chi connectivity index (χ2v) is 7.83. The molecule has 1 saturated heterocycles. The minimum Gasteiger partial charge on any atom is -0.507 e. The molecule has 33 heavy (non-hydrogen) atoms. The van der Waals surface area contributed by atoms with Crippen molar-refractivity contribution < 1.29 is 24.2 Å². The number of pyridine rings is 1. The van der Waals surface area contributed by atoms with Crippen LogP contribution in [0.3, 0.4) is 0 Å². The monoisotopic (exact) mass is 464 g/mol. The van der Waals surface area contributed by atoms with Gasteiger partial charge in [0.05, 0.1) is 36.4 Å². The third-order valence-corrected chi connectivity index (χ3v) is 5.87. The Hall–Kier alpha value is -3.84. The van der Waals surface area contributed by atoms with Crippen LogP contribution in [0.2, 0.25) is 5.02 Å². The number of benzene rings is 2. The van der Waals surface area contributed by atoms with Gasteiger partial charge in [0.2, 0.25) is 0 Å². The Labute approximate surface area is 195 Å². The van der Waals surface area contributed by atoms with Gasteiger partial charge in [-0.05, 0) is 42.3 Å². The quantitative estimate of drug-likeness (QED) is 0.335. The van der Waals surface area contributed by atoms with E-state index in [1.54, 1.807) is 36.7 Å². The van der Waals surface area contributed by atoms with Gasteiger partial charge in [0.1, 0.15) is 17.3 Å². The number of nitrogens with zero attached hydrogens (tertiary/aromatic N) is 2. The van der Waals surface area contributed by atoms with Crippen molar-refractivity contribution in [1.82, 2.24) is 4.98 Å². The number of ketones is 1. The van der Waals surface area contributed by atoms with Crippen molar-refractivity contribution in [3.05, 3.63) is 88.2 Å². The summed E-state index contributed by atoms with van der Waals surface area (Å²) >= 11 is 6.20. The van der Waals surface area contributed by atoms with Crippen LogP contribution >= 0.6 is 11.6 Å². The Morgan fingerprint density at radius 1 is 1.03 bits per heavy atom. The Balaban J connectivity index is 2.01. The number of ether oxygens (including phenoxy) is 2. The summed E-state index contributed by atoms with van der Waals surface area (Å²) in [4.78, 5) is 32.0. The molecule has 0 spiro atoms. The highest BCUT2D eigenvalue weighted by atomic mass is 35.5. The number of anilines is 1. The summed E-state index contributed by atoms with van der Waals surface area (Å²) in [5.74, 6) is -1.43. The number of hydrogen-bond acceptors (Lipinski definition) is 6. The molecule has 1 unspecified atom stereocenters. The molecule has 4 rings (SSSR count). The van der Waals surface area contributed by atoms with Crippen LogP contribution in [0.5, 0.6) is 11.5 Å². The van der Waals surface area contributed by atoms with E-state index in [0.717, 1.165) is 5.56 Å². The van der Waals surface area contributed by atoms with Crippen LogP contribution in [0.15, 0.2) is 66.5 Å². The number of aromatic nitrogens is 1. The zero-order valence-corrected chi connectivity index (χ0v) is 19.0. The second-order valence-electron chi connectivity index (χ2n) is 7.42. The number of amides is 1. The summed E-state index contributed by atoms with van der Waals surface area (Å²) in [5, 5.41) is 11.7. The minimum atomic E-state index is -0.875. The molecule has 1 fully saturated rings. The molecule has 168 valence electrons. The Morgan fingerprint density at radius 2 is 1.70 bits per heavy atom. The molecule has 1 aliphatic rings. The van der Waals surface area contributed by atoms with Crippen molar-refractivity contribution in [3.63, 3.8) is 0 Å². The van der Waals surface area contributed by atoms with Crippen molar-refractivity contribution in [1.29, 1.82) is 0 Å². The van der Waals surface area contributed by atoms with Gasteiger partial charge in [0, 0.05) is 24.1 Å². The van der Waals surface area contributed by atoms with E-state index in [1.807, 2.05) is 19.1 Å². The van der Waals surface area contributed by atoms with Gasteiger partial charge in [-0.2, -0.15) is 0 Å². The number of halogens is 1. The topological polar surface area (TPSA) is 89.0 Å². The maximum atomic E-state index is 13.3. The number of Topliss-reactive ketones (excluding diaryl/α,β-unsaturated/α-hetero) is 1. The van der Waals surface area contributed by atoms with Crippen LogP contribution in [0.4, 0.5) is 5.69 Å². The van der Waals surface area contributed by atoms with Gasteiger partial charge in [-0.1, -0.05) is 29.8 Å². The highest BCUT2D eigenvalue weighted by Crippen LogP contribution is 2.45. The largest absolute Gasteiger partial charge is 0.507 e. The first-order valence-corrected chi connectivity index (χ1v) is 10.4. The molecule has 2 heterocycles. The molecule has 0 radical (unpaired) electrons. The predicted molar refractivity (Wildman–Crippen MR) is 125 cm³/mol. The fraction of sp³-hybridized carbons (Fsp3) is 0.160. The van der Waals surface area contributed by atoms with Gasteiger partial charge >= 0.3 is 0 Å². The number of hydrogen-bond donors (Lipinski definition) is 1. The molecule has 1 aliphatic heterocycles. The van der Waals surface area contributed by atoms with Gasteiger partial charge in [-0.3, -0.25) is 19.5 Å². The van der Waals surface area contributed by atoms with Gasteiger partial charge in [-0.15, -0.1) is 0 Å². The zero-order valence-electron chi connectivity index (χ0n) is 18.2. The van der Waals surface area contributed by atoms with E-state index < -0.39 is 23.5 Å². The minimum absolute atomic E-state index is 0.0721. The van der Waals surface area contributed by atoms with Crippen LogP contribution < -0.4 is 14.4 Å². The van der Waals surface area contributed by atoms with E-state index in [2.05, 4.69) is 4.98 Å². The highest BCUT2D eigenvalue weighted by Gasteiger charge is 2.47. The first kappa shape index (κ1) is 22.4. The fourth-order valence-electron chi connectivity index (χ4n) is 3.97. The normalized spacial score (nSPS) is 17.3. The number of methoxy groups -OCH3 is 2. The summed E-state index contributed by atoms with van der Waals surface area (Å²) in [6, 6.07) is 12.7. The lowest BCUT2D eigenvalue weighted by Gasteiger charge is -2.26. The molecule has 0 aliphatic carbocycles. The number of carbonyl (C=O) groups excluding carboxylic acids is 2. The lowest BCUT2D eigenvalue weighted by molar-refractivity contribution is -0.132. The standard InChI is InChI=1S/C25H21ClN2O5/c1-14-6-4-5-7-18(14)28-22(15-8-10-27-11-9-15)21(24(30)25(28)31)23(29)16-12-20(33-3)17(26)13-19(16)32-2/h4-13,22,29H,1-3H3/b23-21+. The molecular formula is C25H21ClN2O5. The molecule has 2 aromatic carbocycles. The van der Waals surface area contributed by atoms with Crippen LogP contribution in [-0.2, 0) is 9.59 Å². The van der Waals surface area contributed by atoms with Crippen LogP contribution in [0.25, 0.3) is 5.76 Å². The van der Waals surface area contributed by atoms with E-state index in [4.69, 9.17) is 21.1 Å². The number of carbonyl (C=O) groups is 2. The maximum Gasteiger partial charge on any atom is 0.300 e. The molecule has 1 atom stereocenters. The summed E-state index contributed by atoms with van der Waals surface area (Å²) in [5.41, 5.74) is 2.11. The smallest absolute Gasteiger partial charge is 0.300 e. The second kappa shape index (κ2) is 8.96. The molecule has 1 N–H and O–H groups in total. The fourth-order valence-corrected chi connectivity index (χ4v) is 4.20. The number of aliphatic hydroxyl groups excluding tert-OH is 1. The molecule has 1 aromatic heterocycles.